The van der Waals surface area contributed by atoms with Gasteiger partial charge in [0.1, 0.15) is 5.75 Å². The molecule has 154 valence electrons. The molecule has 1 N–H and O–H groups in total. The Morgan fingerprint density at radius 3 is 2.66 bits per heavy atom. The molecular formula is C24H31N3O2. The fourth-order valence-electron chi connectivity index (χ4n) is 4.53. The van der Waals surface area contributed by atoms with Crippen LogP contribution in [0.3, 0.4) is 0 Å². The number of fused-ring (bicyclic) bond motifs is 1. The number of ether oxygens (including phenoxy) is 1. The van der Waals surface area contributed by atoms with E-state index >= 15 is 0 Å². The summed E-state index contributed by atoms with van der Waals surface area (Å²) in [6.45, 7) is 4.67. The van der Waals surface area contributed by atoms with Crippen LogP contribution in [0.25, 0.3) is 0 Å². The lowest BCUT2D eigenvalue weighted by Crippen LogP contribution is -2.47. The van der Waals surface area contributed by atoms with Crippen LogP contribution in [0.1, 0.15) is 36.4 Å². The number of para-hydroxylation sites is 2. The van der Waals surface area contributed by atoms with Crippen molar-refractivity contribution in [2.75, 3.05) is 44.7 Å². The number of hydrogen-bond acceptors (Lipinski definition) is 4. The molecule has 0 bridgehead atoms. The van der Waals surface area contributed by atoms with Crippen LogP contribution in [0.2, 0.25) is 0 Å². The molecule has 4 rings (SSSR count). The van der Waals surface area contributed by atoms with Gasteiger partial charge < -0.3 is 15.0 Å². The molecule has 29 heavy (non-hydrogen) atoms. The molecule has 2 aromatic rings. The summed E-state index contributed by atoms with van der Waals surface area (Å²) >= 11 is 0. The molecule has 5 heteroatoms. The minimum Gasteiger partial charge on any atom is -0.495 e. The van der Waals surface area contributed by atoms with Gasteiger partial charge in [-0.1, -0.05) is 36.4 Å². The molecule has 5 nitrogen and oxygen atoms in total. The third-order valence-electron chi connectivity index (χ3n) is 6.16. The Balaban J connectivity index is 1.24. The Kier molecular flexibility index (Phi) is 6.35. The van der Waals surface area contributed by atoms with E-state index in [1.807, 2.05) is 12.1 Å². The first kappa shape index (κ1) is 19.8. The number of carbonyl (C=O) groups is 1. The predicted octanol–water partition coefficient (Wildman–Crippen LogP) is 3.40. The van der Waals surface area contributed by atoms with Gasteiger partial charge in [-0.15, -0.1) is 0 Å². The third-order valence-corrected chi connectivity index (χ3v) is 6.16. The van der Waals surface area contributed by atoms with Crippen molar-refractivity contribution in [2.24, 2.45) is 0 Å². The molecule has 0 spiro atoms. The molecule has 2 aromatic carbocycles. The summed E-state index contributed by atoms with van der Waals surface area (Å²) in [4.78, 5) is 17.3. The predicted molar refractivity (Wildman–Crippen MR) is 117 cm³/mol. The van der Waals surface area contributed by atoms with E-state index in [-0.39, 0.29) is 11.9 Å². The maximum Gasteiger partial charge on any atom is 0.221 e. The highest BCUT2D eigenvalue weighted by atomic mass is 16.5. The number of anilines is 1. The first-order valence-corrected chi connectivity index (χ1v) is 10.7. The Bertz CT molecular complexity index is 830. The van der Waals surface area contributed by atoms with Gasteiger partial charge in [-0.2, -0.15) is 0 Å². The molecular weight excluding hydrogens is 362 g/mol. The SMILES string of the molecule is COc1ccccc1N1CCN(CCC(=O)N[C@@H]2CCCc3ccccc32)CC1. The molecule has 1 heterocycles. The Morgan fingerprint density at radius 2 is 1.83 bits per heavy atom. The average molecular weight is 394 g/mol. The highest BCUT2D eigenvalue weighted by Gasteiger charge is 2.23. The zero-order valence-corrected chi connectivity index (χ0v) is 17.3. The second kappa shape index (κ2) is 9.31. The number of benzene rings is 2. The quantitative estimate of drug-likeness (QED) is 0.817. The zero-order chi connectivity index (χ0) is 20.1. The summed E-state index contributed by atoms with van der Waals surface area (Å²) in [5, 5.41) is 3.27. The summed E-state index contributed by atoms with van der Waals surface area (Å²) in [7, 11) is 1.72. The number of hydrogen-bond donors (Lipinski definition) is 1. The maximum absolute atomic E-state index is 12.6. The Hall–Kier alpha value is -2.53. The normalized spacial score (nSPS) is 19.5. The van der Waals surface area contributed by atoms with Crippen LogP contribution < -0.4 is 15.0 Å². The molecule has 0 unspecified atom stereocenters. The van der Waals surface area contributed by atoms with Crippen LogP contribution in [0.4, 0.5) is 5.69 Å². The third kappa shape index (κ3) is 4.73. The van der Waals surface area contributed by atoms with Gasteiger partial charge in [-0.3, -0.25) is 9.69 Å². The van der Waals surface area contributed by atoms with Crippen LogP contribution in [0.15, 0.2) is 48.5 Å². The summed E-state index contributed by atoms with van der Waals surface area (Å²) in [5.74, 6) is 1.09. The molecule has 1 saturated heterocycles. The maximum atomic E-state index is 12.6. The lowest BCUT2D eigenvalue weighted by molar-refractivity contribution is -0.122. The number of nitrogens with zero attached hydrogens (tertiary/aromatic N) is 2. The number of piperazine rings is 1. The van der Waals surface area contributed by atoms with Crippen molar-refractivity contribution in [1.82, 2.24) is 10.2 Å². The van der Waals surface area contributed by atoms with Gasteiger partial charge in [0.2, 0.25) is 5.91 Å². The summed E-state index contributed by atoms with van der Waals surface area (Å²) in [6.07, 6.45) is 3.87. The lowest BCUT2D eigenvalue weighted by Gasteiger charge is -2.36. The largest absolute Gasteiger partial charge is 0.495 e. The first-order chi connectivity index (χ1) is 14.2. The summed E-state index contributed by atoms with van der Waals surface area (Å²) in [6, 6.07) is 16.9. The van der Waals surface area contributed by atoms with Crippen molar-refractivity contribution in [1.29, 1.82) is 0 Å². The Morgan fingerprint density at radius 1 is 1.07 bits per heavy atom. The van der Waals surface area contributed by atoms with Crippen molar-refractivity contribution in [3.63, 3.8) is 0 Å². The lowest BCUT2D eigenvalue weighted by atomic mass is 9.87. The minimum absolute atomic E-state index is 0.166. The van der Waals surface area contributed by atoms with Gasteiger partial charge in [-0.25, -0.2) is 0 Å². The van der Waals surface area contributed by atoms with E-state index in [4.69, 9.17) is 4.74 Å². The van der Waals surface area contributed by atoms with Crippen LogP contribution in [0, 0.1) is 0 Å². The van der Waals surface area contributed by atoms with Crippen molar-refractivity contribution < 1.29 is 9.53 Å². The molecule has 1 atom stereocenters. The van der Waals surface area contributed by atoms with Crippen LogP contribution in [0.5, 0.6) is 5.75 Å². The number of carbonyl (C=O) groups excluding carboxylic acids is 1. The molecule has 0 aromatic heterocycles. The number of aryl methyl sites for hydroxylation is 1. The second-order valence-electron chi connectivity index (χ2n) is 7.96. The van der Waals surface area contributed by atoms with E-state index in [0.29, 0.717) is 6.42 Å². The molecule has 2 aliphatic rings. The van der Waals surface area contributed by atoms with Crippen molar-refractivity contribution in [3.05, 3.63) is 59.7 Å². The Labute approximate surface area is 173 Å². The van der Waals surface area contributed by atoms with Gasteiger partial charge in [0.25, 0.3) is 0 Å². The summed E-state index contributed by atoms with van der Waals surface area (Å²) in [5.41, 5.74) is 3.84. The van der Waals surface area contributed by atoms with E-state index in [1.54, 1.807) is 7.11 Å². The fourth-order valence-corrected chi connectivity index (χ4v) is 4.53. The zero-order valence-electron chi connectivity index (χ0n) is 17.3. The highest BCUT2D eigenvalue weighted by molar-refractivity contribution is 5.76. The van der Waals surface area contributed by atoms with Crippen LogP contribution >= 0.6 is 0 Å². The van der Waals surface area contributed by atoms with Crippen molar-refractivity contribution in [3.8, 4) is 5.75 Å². The van der Waals surface area contributed by atoms with E-state index in [1.165, 1.54) is 11.1 Å². The van der Waals surface area contributed by atoms with E-state index in [2.05, 4.69) is 51.5 Å². The molecule has 0 saturated carbocycles. The number of methoxy groups -OCH3 is 1. The fraction of sp³-hybridized carbons (Fsp3) is 0.458. The average Bonchev–Trinajstić information content (AvgIpc) is 2.78. The topological polar surface area (TPSA) is 44.8 Å². The summed E-state index contributed by atoms with van der Waals surface area (Å²) < 4.78 is 5.49. The van der Waals surface area contributed by atoms with E-state index in [0.717, 1.165) is 63.4 Å². The molecule has 1 fully saturated rings. The highest BCUT2D eigenvalue weighted by Crippen LogP contribution is 2.30. The number of rotatable bonds is 6. The molecule has 0 radical (unpaired) electrons. The van der Waals surface area contributed by atoms with Gasteiger partial charge in [-0.05, 0) is 42.5 Å². The monoisotopic (exact) mass is 393 g/mol. The smallest absolute Gasteiger partial charge is 0.221 e. The van der Waals surface area contributed by atoms with Gasteiger partial charge in [0.15, 0.2) is 0 Å². The van der Waals surface area contributed by atoms with Gasteiger partial charge >= 0.3 is 0 Å². The second-order valence-corrected chi connectivity index (χ2v) is 7.96. The van der Waals surface area contributed by atoms with Crippen molar-refractivity contribution in [2.45, 2.75) is 31.7 Å². The van der Waals surface area contributed by atoms with Crippen molar-refractivity contribution >= 4 is 11.6 Å². The molecule has 1 amide bonds. The first-order valence-electron chi connectivity index (χ1n) is 10.7. The molecule has 1 aliphatic heterocycles. The number of amides is 1. The standard InChI is InChI=1S/C24H31N3O2/c1-29-23-12-5-4-11-22(23)27-17-15-26(16-18-27)14-13-24(28)25-21-10-6-8-19-7-2-3-9-20(19)21/h2-5,7,9,11-12,21H,6,8,10,13-18H2,1H3,(H,25,28)/t21-/m1/s1. The minimum atomic E-state index is 0.166. The van der Waals surface area contributed by atoms with E-state index < -0.39 is 0 Å². The van der Waals surface area contributed by atoms with Gasteiger partial charge in [0, 0.05) is 39.1 Å². The van der Waals surface area contributed by atoms with Gasteiger partial charge in [0.05, 0.1) is 18.8 Å². The van der Waals surface area contributed by atoms with Crippen LogP contribution in [-0.2, 0) is 11.2 Å². The van der Waals surface area contributed by atoms with E-state index in [9.17, 15) is 4.79 Å². The van der Waals surface area contributed by atoms with Crippen LogP contribution in [-0.4, -0.2) is 50.6 Å². The number of nitrogens with one attached hydrogen (secondary N) is 1. The molecule has 1 aliphatic carbocycles.